The monoisotopic (exact) mass is 312 g/mol. The average Bonchev–Trinajstić information content (AvgIpc) is 2.54. The van der Waals surface area contributed by atoms with Crippen LogP contribution in [0, 0.1) is 0 Å². The fourth-order valence-electron chi connectivity index (χ4n) is 2.34. The van der Waals surface area contributed by atoms with Crippen LogP contribution in [0.25, 0.3) is 0 Å². The van der Waals surface area contributed by atoms with Crippen LogP contribution in [0.5, 0.6) is 0 Å². The first kappa shape index (κ1) is 16.2. The lowest BCUT2D eigenvalue weighted by molar-refractivity contribution is 0.271. The Morgan fingerprint density at radius 2 is 1.95 bits per heavy atom. The molecule has 0 bridgehead atoms. The van der Waals surface area contributed by atoms with Gasteiger partial charge in [0.25, 0.3) is 0 Å². The van der Waals surface area contributed by atoms with E-state index in [1.165, 1.54) is 0 Å². The van der Waals surface area contributed by atoms with Gasteiger partial charge < -0.3 is 10.6 Å². The Balaban J connectivity index is 1.82. The zero-order valence-corrected chi connectivity index (χ0v) is 13.3. The van der Waals surface area contributed by atoms with Crippen molar-refractivity contribution >= 4 is 15.7 Å². The summed E-state index contributed by atoms with van der Waals surface area (Å²) >= 11 is 0. The largest absolute Gasteiger partial charge is 0.354 e. The molecule has 1 fully saturated rings. The number of hydrogen-bond donors (Lipinski definition) is 1. The highest BCUT2D eigenvalue weighted by Gasteiger charge is 2.19. The molecule has 2 N–H and O–H groups in total. The van der Waals surface area contributed by atoms with E-state index in [1.54, 1.807) is 6.92 Å². The van der Waals surface area contributed by atoms with Crippen LogP contribution in [-0.4, -0.2) is 62.5 Å². The van der Waals surface area contributed by atoms with Gasteiger partial charge in [0.2, 0.25) is 0 Å². The van der Waals surface area contributed by atoms with Gasteiger partial charge in [-0.15, -0.1) is 0 Å². The lowest BCUT2D eigenvalue weighted by Crippen LogP contribution is -2.48. The maximum absolute atomic E-state index is 11.5. The van der Waals surface area contributed by atoms with E-state index >= 15 is 0 Å². The molecule has 2 heterocycles. The van der Waals surface area contributed by atoms with Gasteiger partial charge in [-0.1, -0.05) is 13.0 Å². The Morgan fingerprint density at radius 1 is 1.24 bits per heavy atom. The van der Waals surface area contributed by atoms with Crippen LogP contribution in [0.1, 0.15) is 12.5 Å². The molecule has 6 nitrogen and oxygen atoms in total. The summed E-state index contributed by atoms with van der Waals surface area (Å²) in [5.41, 5.74) is 6.60. The number of pyridine rings is 1. The molecule has 0 aromatic carbocycles. The first-order chi connectivity index (χ1) is 10.0. The molecule has 0 amide bonds. The van der Waals surface area contributed by atoms with Crippen LogP contribution in [-0.2, 0) is 16.4 Å². The van der Waals surface area contributed by atoms with Crippen LogP contribution in [0.3, 0.4) is 0 Å². The lowest BCUT2D eigenvalue weighted by Gasteiger charge is -2.35. The molecule has 1 aromatic heterocycles. The predicted octanol–water partition coefficient (Wildman–Crippen LogP) is 0.0970. The summed E-state index contributed by atoms with van der Waals surface area (Å²) < 4.78 is 23.1. The molecule has 1 aliphatic rings. The van der Waals surface area contributed by atoms with Crippen molar-refractivity contribution in [2.75, 3.05) is 49.1 Å². The Morgan fingerprint density at radius 3 is 2.48 bits per heavy atom. The highest BCUT2D eigenvalue weighted by molar-refractivity contribution is 7.91. The first-order valence-electron chi connectivity index (χ1n) is 7.37. The third-order valence-electron chi connectivity index (χ3n) is 3.90. The Bertz CT molecular complexity index is 537. The molecular formula is C14H24N4O2S. The number of piperazine rings is 1. The number of rotatable bonds is 6. The topological polar surface area (TPSA) is 79.5 Å². The summed E-state index contributed by atoms with van der Waals surface area (Å²) in [4.78, 5) is 8.86. The van der Waals surface area contributed by atoms with E-state index in [0.29, 0.717) is 13.1 Å². The molecule has 0 saturated carbocycles. The molecule has 0 atom stereocenters. The fraction of sp³-hybridized carbons (Fsp3) is 0.643. The number of anilines is 1. The standard InChI is InChI=1S/C14H24N4O2S/c1-2-21(19,20)10-9-17-5-7-18(8-6-17)14-4-3-13(11-15)12-16-14/h3-4,12H,2,5-11,15H2,1H3. The van der Waals surface area contributed by atoms with Gasteiger partial charge in [0.05, 0.1) is 5.75 Å². The molecule has 1 saturated heterocycles. The molecular weight excluding hydrogens is 288 g/mol. The molecule has 118 valence electrons. The Hall–Kier alpha value is -1.18. The molecule has 21 heavy (non-hydrogen) atoms. The highest BCUT2D eigenvalue weighted by Crippen LogP contribution is 2.14. The maximum Gasteiger partial charge on any atom is 0.151 e. The summed E-state index contributed by atoms with van der Waals surface area (Å²) in [7, 11) is -2.87. The SMILES string of the molecule is CCS(=O)(=O)CCN1CCN(c2ccc(CN)cn2)CC1. The summed E-state index contributed by atoms with van der Waals surface area (Å²) in [6, 6.07) is 4.00. The highest BCUT2D eigenvalue weighted by atomic mass is 32.2. The molecule has 0 aliphatic carbocycles. The third-order valence-corrected chi connectivity index (χ3v) is 5.58. The zero-order chi connectivity index (χ0) is 15.3. The predicted molar refractivity (Wildman–Crippen MR) is 85.1 cm³/mol. The lowest BCUT2D eigenvalue weighted by atomic mass is 10.2. The van der Waals surface area contributed by atoms with Crippen LogP contribution in [0.4, 0.5) is 5.82 Å². The van der Waals surface area contributed by atoms with Crippen molar-refractivity contribution < 1.29 is 8.42 Å². The minimum absolute atomic E-state index is 0.227. The second-order valence-electron chi connectivity index (χ2n) is 5.29. The number of hydrogen-bond acceptors (Lipinski definition) is 6. The molecule has 0 unspecified atom stereocenters. The van der Waals surface area contributed by atoms with Crippen molar-refractivity contribution in [1.29, 1.82) is 0 Å². The molecule has 0 spiro atoms. The first-order valence-corrected chi connectivity index (χ1v) is 9.19. The molecule has 0 radical (unpaired) electrons. The quantitative estimate of drug-likeness (QED) is 0.802. The molecule has 7 heteroatoms. The van der Waals surface area contributed by atoms with E-state index < -0.39 is 9.84 Å². The summed E-state index contributed by atoms with van der Waals surface area (Å²) in [5.74, 6) is 1.45. The van der Waals surface area contributed by atoms with Crippen LogP contribution >= 0.6 is 0 Å². The van der Waals surface area contributed by atoms with Crippen molar-refractivity contribution in [3.05, 3.63) is 23.9 Å². The van der Waals surface area contributed by atoms with Gasteiger partial charge in [0.15, 0.2) is 9.84 Å². The van der Waals surface area contributed by atoms with Crippen molar-refractivity contribution in [2.45, 2.75) is 13.5 Å². The second-order valence-corrected chi connectivity index (χ2v) is 7.77. The fourth-order valence-corrected chi connectivity index (χ4v) is 3.16. The van der Waals surface area contributed by atoms with Gasteiger partial charge >= 0.3 is 0 Å². The molecule has 1 aromatic rings. The van der Waals surface area contributed by atoms with E-state index in [2.05, 4.69) is 14.8 Å². The average molecular weight is 312 g/mol. The normalized spacial score (nSPS) is 17.1. The van der Waals surface area contributed by atoms with Crippen molar-refractivity contribution in [1.82, 2.24) is 9.88 Å². The van der Waals surface area contributed by atoms with Crippen molar-refractivity contribution in [3.8, 4) is 0 Å². The van der Waals surface area contributed by atoms with E-state index in [9.17, 15) is 8.42 Å². The van der Waals surface area contributed by atoms with E-state index in [-0.39, 0.29) is 11.5 Å². The molecule has 2 rings (SSSR count). The Kier molecular flexibility index (Phi) is 5.55. The summed E-state index contributed by atoms with van der Waals surface area (Å²) in [6.07, 6.45) is 1.82. The van der Waals surface area contributed by atoms with Gasteiger partial charge in [-0.2, -0.15) is 0 Å². The van der Waals surface area contributed by atoms with Crippen molar-refractivity contribution in [2.24, 2.45) is 5.73 Å². The maximum atomic E-state index is 11.5. The summed E-state index contributed by atoms with van der Waals surface area (Å²) in [6.45, 7) is 6.34. The minimum atomic E-state index is -2.87. The van der Waals surface area contributed by atoms with Gasteiger partial charge in [0.1, 0.15) is 5.82 Å². The number of nitrogens with two attached hydrogens (primary N) is 1. The third kappa shape index (κ3) is 4.66. The number of nitrogens with zero attached hydrogens (tertiary/aromatic N) is 3. The second kappa shape index (κ2) is 7.20. The number of aromatic nitrogens is 1. The van der Waals surface area contributed by atoms with Crippen LogP contribution < -0.4 is 10.6 Å². The Labute approximate surface area is 126 Å². The summed E-state index contributed by atoms with van der Waals surface area (Å²) in [5, 5.41) is 0. The van der Waals surface area contributed by atoms with E-state index in [4.69, 9.17) is 5.73 Å². The minimum Gasteiger partial charge on any atom is -0.354 e. The van der Waals surface area contributed by atoms with Crippen molar-refractivity contribution in [3.63, 3.8) is 0 Å². The van der Waals surface area contributed by atoms with Gasteiger partial charge in [-0.3, -0.25) is 4.90 Å². The van der Waals surface area contributed by atoms with E-state index in [0.717, 1.165) is 37.6 Å². The smallest absolute Gasteiger partial charge is 0.151 e. The van der Waals surface area contributed by atoms with Crippen LogP contribution in [0.2, 0.25) is 0 Å². The van der Waals surface area contributed by atoms with Crippen LogP contribution in [0.15, 0.2) is 18.3 Å². The zero-order valence-electron chi connectivity index (χ0n) is 12.5. The van der Waals surface area contributed by atoms with E-state index in [1.807, 2.05) is 18.3 Å². The van der Waals surface area contributed by atoms with Gasteiger partial charge in [-0.25, -0.2) is 13.4 Å². The van der Waals surface area contributed by atoms with Gasteiger partial charge in [0, 0.05) is 51.2 Å². The number of sulfone groups is 1. The molecule has 1 aliphatic heterocycles. The van der Waals surface area contributed by atoms with Gasteiger partial charge in [-0.05, 0) is 11.6 Å².